The predicted octanol–water partition coefficient (Wildman–Crippen LogP) is 2.78. The van der Waals surface area contributed by atoms with Gasteiger partial charge in [-0.2, -0.15) is 13.2 Å². The molecule has 0 bridgehead atoms. The summed E-state index contributed by atoms with van der Waals surface area (Å²) in [5.41, 5.74) is -0.341. The third kappa shape index (κ3) is 5.18. The molecule has 0 aromatic heterocycles. The van der Waals surface area contributed by atoms with Gasteiger partial charge in [0.15, 0.2) is 0 Å². The molecule has 2 N–H and O–H groups in total. The van der Waals surface area contributed by atoms with Crippen molar-refractivity contribution < 1.29 is 18.0 Å². The molecule has 0 radical (unpaired) electrons. The summed E-state index contributed by atoms with van der Waals surface area (Å²) in [5.74, 6) is 0.0947. The SMILES string of the molecule is CC1CNCCC1NC(=O)Cc1cccc(C(F)(F)F)c1.Cl. The van der Waals surface area contributed by atoms with Crippen LogP contribution in [0.5, 0.6) is 0 Å². The van der Waals surface area contributed by atoms with Crippen LogP contribution < -0.4 is 10.6 Å². The number of piperidine rings is 1. The molecule has 7 heteroatoms. The van der Waals surface area contributed by atoms with Gasteiger partial charge in [0.25, 0.3) is 0 Å². The number of hydrogen-bond acceptors (Lipinski definition) is 2. The first-order chi connectivity index (χ1) is 9.86. The van der Waals surface area contributed by atoms with Crippen LogP contribution in [0.3, 0.4) is 0 Å². The van der Waals surface area contributed by atoms with Crippen molar-refractivity contribution in [2.75, 3.05) is 13.1 Å². The van der Waals surface area contributed by atoms with Crippen LogP contribution in [-0.4, -0.2) is 25.0 Å². The minimum atomic E-state index is -4.38. The van der Waals surface area contributed by atoms with E-state index in [-0.39, 0.29) is 30.8 Å². The van der Waals surface area contributed by atoms with E-state index in [4.69, 9.17) is 0 Å². The topological polar surface area (TPSA) is 41.1 Å². The summed E-state index contributed by atoms with van der Waals surface area (Å²) in [5, 5.41) is 6.15. The highest BCUT2D eigenvalue weighted by Gasteiger charge is 2.30. The van der Waals surface area contributed by atoms with Crippen LogP contribution in [0, 0.1) is 5.92 Å². The Morgan fingerprint density at radius 2 is 2.14 bits per heavy atom. The Balaban J connectivity index is 0.00000242. The molecule has 2 unspecified atom stereocenters. The van der Waals surface area contributed by atoms with Gasteiger partial charge in [0, 0.05) is 6.04 Å². The molecule has 0 spiro atoms. The van der Waals surface area contributed by atoms with Gasteiger partial charge in [-0.15, -0.1) is 12.4 Å². The molecule has 0 aliphatic carbocycles. The van der Waals surface area contributed by atoms with E-state index < -0.39 is 11.7 Å². The highest BCUT2D eigenvalue weighted by atomic mass is 35.5. The average molecular weight is 337 g/mol. The molecule has 0 saturated carbocycles. The monoisotopic (exact) mass is 336 g/mol. The van der Waals surface area contributed by atoms with Crippen molar-refractivity contribution in [1.29, 1.82) is 0 Å². The molecule has 1 aromatic rings. The van der Waals surface area contributed by atoms with Crippen LogP contribution in [0.2, 0.25) is 0 Å². The first kappa shape index (κ1) is 18.8. The number of carbonyl (C=O) groups excluding carboxylic acids is 1. The van der Waals surface area contributed by atoms with E-state index in [9.17, 15) is 18.0 Å². The number of benzene rings is 1. The number of nitrogens with one attached hydrogen (secondary N) is 2. The number of hydrogen-bond donors (Lipinski definition) is 2. The second-order valence-electron chi connectivity index (χ2n) is 5.52. The quantitative estimate of drug-likeness (QED) is 0.891. The lowest BCUT2D eigenvalue weighted by atomic mass is 9.95. The Morgan fingerprint density at radius 1 is 1.41 bits per heavy atom. The summed E-state index contributed by atoms with van der Waals surface area (Å²) in [6, 6.07) is 5.01. The van der Waals surface area contributed by atoms with Gasteiger partial charge >= 0.3 is 6.18 Å². The fourth-order valence-electron chi connectivity index (χ4n) is 2.53. The van der Waals surface area contributed by atoms with Gasteiger partial charge in [0.1, 0.15) is 0 Å². The average Bonchev–Trinajstić information content (AvgIpc) is 2.41. The zero-order valence-electron chi connectivity index (χ0n) is 12.2. The van der Waals surface area contributed by atoms with E-state index in [2.05, 4.69) is 10.6 Å². The molecular formula is C15H20ClF3N2O. The third-order valence-electron chi connectivity index (χ3n) is 3.75. The number of halogens is 4. The fraction of sp³-hybridized carbons (Fsp3) is 0.533. The number of alkyl halides is 3. The van der Waals surface area contributed by atoms with Gasteiger partial charge in [0.2, 0.25) is 5.91 Å². The smallest absolute Gasteiger partial charge is 0.353 e. The molecule has 1 aliphatic rings. The second kappa shape index (κ2) is 7.83. The summed E-state index contributed by atoms with van der Waals surface area (Å²) in [6.45, 7) is 3.73. The van der Waals surface area contributed by atoms with Crippen LogP contribution in [0.15, 0.2) is 24.3 Å². The normalized spacial score (nSPS) is 21.8. The maximum atomic E-state index is 12.6. The number of rotatable bonds is 3. The van der Waals surface area contributed by atoms with E-state index in [0.717, 1.165) is 31.6 Å². The van der Waals surface area contributed by atoms with Crippen LogP contribution >= 0.6 is 12.4 Å². The van der Waals surface area contributed by atoms with Crippen molar-refractivity contribution in [1.82, 2.24) is 10.6 Å². The van der Waals surface area contributed by atoms with Gasteiger partial charge < -0.3 is 10.6 Å². The van der Waals surface area contributed by atoms with E-state index in [1.54, 1.807) is 6.07 Å². The van der Waals surface area contributed by atoms with Crippen molar-refractivity contribution in [3.05, 3.63) is 35.4 Å². The maximum Gasteiger partial charge on any atom is 0.416 e. The van der Waals surface area contributed by atoms with Crippen molar-refractivity contribution in [3.8, 4) is 0 Å². The highest BCUT2D eigenvalue weighted by molar-refractivity contribution is 5.85. The Morgan fingerprint density at radius 3 is 2.77 bits per heavy atom. The summed E-state index contributed by atoms with van der Waals surface area (Å²) < 4.78 is 37.9. The Kier molecular flexibility index (Phi) is 6.68. The molecular weight excluding hydrogens is 317 g/mol. The Labute approximate surface area is 134 Å². The van der Waals surface area contributed by atoms with Gasteiger partial charge in [0.05, 0.1) is 12.0 Å². The number of amides is 1. The lowest BCUT2D eigenvalue weighted by molar-refractivity contribution is -0.137. The van der Waals surface area contributed by atoms with Crippen molar-refractivity contribution in [2.24, 2.45) is 5.92 Å². The van der Waals surface area contributed by atoms with Crippen molar-refractivity contribution >= 4 is 18.3 Å². The molecule has 1 aliphatic heterocycles. The molecule has 1 fully saturated rings. The van der Waals surface area contributed by atoms with Gasteiger partial charge in [-0.1, -0.05) is 25.1 Å². The summed E-state index contributed by atoms with van der Waals surface area (Å²) in [4.78, 5) is 12.0. The van der Waals surface area contributed by atoms with Crippen molar-refractivity contribution in [3.63, 3.8) is 0 Å². The Hall–Kier alpha value is -1.27. The minimum absolute atomic E-state index is 0. The van der Waals surface area contributed by atoms with E-state index >= 15 is 0 Å². The first-order valence-corrected chi connectivity index (χ1v) is 7.02. The molecule has 1 amide bonds. The molecule has 1 saturated heterocycles. The van der Waals surface area contributed by atoms with Gasteiger partial charge in [-0.25, -0.2) is 0 Å². The largest absolute Gasteiger partial charge is 0.416 e. The molecule has 124 valence electrons. The zero-order chi connectivity index (χ0) is 15.5. The van der Waals surface area contributed by atoms with Crippen LogP contribution in [0.25, 0.3) is 0 Å². The molecule has 2 atom stereocenters. The van der Waals surface area contributed by atoms with Crippen LogP contribution in [-0.2, 0) is 17.4 Å². The molecule has 1 aromatic carbocycles. The fourth-order valence-corrected chi connectivity index (χ4v) is 2.53. The van der Waals surface area contributed by atoms with E-state index in [1.165, 1.54) is 6.07 Å². The second-order valence-corrected chi connectivity index (χ2v) is 5.52. The summed E-state index contributed by atoms with van der Waals surface area (Å²) >= 11 is 0. The first-order valence-electron chi connectivity index (χ1n) is 7.02. The number of carbonyl (C=O) groups is 1. The lowest BCUT2D eigenvalue weighted by Crippen LogP contribution is -2.48. The van der Waals surface area contributed by atoms with Gasteiger partial charge in [-0.05, 0) is 37.1 Å². The maximum absolute atomic E-state index is 12.6. The summed E-state index contributed by atoms with van der Waals surface area (Å²) in [6.07, 6.45) is -3.56. The standard InChI is InChI=1S/C15H19F3N2O.ClH/c1-10-9-19-6-5-13(10)20-14(21)8-11-3-2-4-12(7-11)15(16,17)18;/h2-4,7,10,13,19H,5-6,8-9H2,1H3,(H,20,21);1H. The van der Waals surface area contributed by atoms with Crippen LogP contribution in [0.1, 0.15) is 24.5 Å². The molecule has 2 rings (SSSR count). The summed E-state index contributed by atoms with van der Waals surface area (Å²) in [7, 11) is 0. The minimum Gasteiger partial charge on any atom is -0.353 e. The van der Waals surface area contributed by atoms with Gasteiger partial charge in [-0.3, -0.25) is 4.79 Å². The third-order valence-corrected chi connectivity index (χ3v) is 3.75. The van der Waals surface area contributed by atoms with Crippen LogP contribution in [0.4, 0.5) is 13.2 Å². The molecule has 22 heavy (non-hydrogen) atoms. The zero-order valence-corrected chi connectivity index (χ0v) is 13.1. The molecule has 1 heterocycles. The van der Waals surface area contributed by atoms with E-state index in [1.807, 2.05) is 6.92 Å². The van der Waals surface area contributed by atoms with E-state index in [0.29, 0.717) is 11.5 Å². The lowest BCUT2D eigenvalue weighted by Gasteiger charge is -2.30. The predicted molar refractivity (Wildman–Crippen MR) is 81.0 cm³/mol. The molecule has 3 nitrogen and oxygen atoms in total. The Bertz CT molecular complexity index is 508. The highest BCUT2D eigenvalue weighted by Crippen LogP contribution is 2.29. The van der Waals surface area contributed by atoms with Crippen molar-refractivity contribution in [2.45, 2.75) is 32.0 Å².